The van der Waals surface area contributed by atoms with Crippen molar-refractivity contribution < 1.29 is 4.79 Å². The van der Waals surface area contributed by atoms with Crippen molar-refractivity contribution in [1.29, 1.82) is 0 Å². The summed E-state index contributed by atoms with van der Waals surface area (Å²) in [7, 11) is 0. The number of benzene rings is 2. The molecule has 2 aromatic carbocycles. The monoisotopic (exact) mass is 393 g/mol. The minimum absolute atomic E-state index is 0. The molecule has 1 heterocycles. The first kappa shape index (κ1) is 20.6. The fourth-order valence-corrected chi connectivity index (χ4v) is 3.37. The second-order valence-electron chi connectivity index (χ2n) is 6.52. The van der Waals surface area contributed by atoms with Gasteiger partial charge < -0.3 is 16.0 Å². The van der Waals surface area contributed by atoms with Crippen LogP contribution < -0.4 is 16.0 Å². The summed E-state index contributed by atoms with van der Waals surface area (Å²) in [6, 6.07) is 16.2. The van der Waals surface area contributed by atoms with Gasteiger partial charge in [0.05, 0.1) is 10.7 Å². The second-order valence-corrected chi connectivity index (χ2v) is 6.92. The highest BCUT2D eigenvalue weighted by Gasteiger charge is 2.18. The minimum Gasteiger partial charge on any atom is -0.377 e. The van der Waals surface area contributed by atoms with E-state index in [1.54, 1.807) is 6.07 Å². The van der Waals surface area contributed by atoms with Crippen LogP contribution in [0.4, 0.5) is 11.4 Å². The molecule has 1 amide bonds. The molecule has 1 aliphatic rings. The van der Waals surface area contributed by atoms with Crippen molar-refractivity contribution in [3.63, 3.8) is 0 Å². The lowest BCUT2D eigenvalue weighted by molar-refractivity contribution is -0.116. The van der Waals surface area contributed by atoms with Gasteiger partial charge in [-0.2, -0.15) is 0 Å². The van der Waals surface area contributed by atoms with Gasteiger partial charge in [0, 0.05) is 24.2 Å². The number of carbonyl (C=O) groups is 1. The fraction of sp³-hybridized carbons (Fsp3) is 0.350. The topological polar surface area (TPSA) is 53.2 Å². The van der Waals surface area contributed by atoms with Crippen LogP contribution in [0.5, 0.6) is 0 Å². The van der Waals surface area contributed by atoms with E-state index in [4.69, 9.17) is 11.6 Å². The zero-order valence-electron chi connectivity index (χ0n) is 14.8. The summed E-state index contributed by atoms with van der Waals surface area (Å²) >= 11 is 6.39. The zero-order valence-corrected chi connectivity index (χ0v) is 16.4. The Balaban J connectivity index is 0.00000243. The minimum atomic E-state index is 0. The van der Waals surface area contributed by atoms with Gasteiger partial charge in [-0.3, -0.25) is 4.79 Å². The molecule has 0 aromatic heterocycles. The van der Waals surface area contributed by atoms with E-state index < -0.39 is 0 Å². The number of halogens is 2. The third-order valence-electron chi connectivity index (χ3n) is 4.52. The molecular formula is C20H25Cl2N3O. The Kier molecular flexibility index (Phi) is 7.76. The Hall–Kier alpha value is -1.75. The molecule has 6 heteroatoms. The summed E-state index contributed by atoms with van der Waals surface area (Å²) in [6.07, 6.45) is 2.71. The number of hydrogen-bond donors (Lipinski definition) is 3. The molecule has 2 aromatic rings. The van der Waals surface area contributed by atoms with Crippen molar-refractivity contribution in [2.24, 2.45) is 0 Å². The normalized spacial score (nSPS) is 17.2. The standard InChI is InChI=1S/C20H24ClN3O.ClH/c1-14(15-6-3-2-4-7-15)23-19-10-9-17(12-18(19)21)24-20(25)13-16-8-5-11-22-16;/h2-4,6-7,9-10,12,14,16,22-23H,5,8,11,13H2,1H3,(H,24,25);1H. The van der Waals surface area contributed by atoms with Crippen molar-refractivity contribution in [2.75, 3.05) is 17.2 Å². The molecule has 3 rings (SSSR count). The lowest BCUT2D eigenvalue weighted by atomic mass is 10.1. The molecule has 0 spiro atoms. The lowest BCUT2D eigenvalue weighted by Gasteiger charge is -2.17. The zero-order chi connectivity index (χ0) is 17.6. The van der Waals surface area contributed by atoms with Crippen LogP contribution >= 0.6 is 24.0 Å². The summed E-state index contributed by atoms with van der Waals surface area (Å²) in [4.78, 5) is 12.1. The van der Waals surface area contributed by atoms with Gasteiger partial charge >= 0.3 is 0 Å². The average molecular weight is 394 g/mol. The van der Waals surface area contributed by atoms with Crippen LogP contribution in [0.15, 0.2) is 48.5 Å². The molecule has 1 fully saturated rings. The summed E-state index contributed by atoms with van der Waals surface area (Å²) in [6.45, 7) is 3.10. The summed E-state index contributed by atoms with van der Waals surface area (Å²) in [5.74, 6) is 0.0221. The predicted octanol–water partition coefficient (Wildman–Crippen LogP) is 5.02. The molecule has 2 unspecified atom stereocenters. The van der Waals surface area contributed by atoms with Crippen molar-refractivity contribution in [3.8, 4) is 0 Å². The first-order valence-corrected chi connectivity index (χ1v) is 9.14. The van der Waals surface area contributed by atoms with Gasteiger partial charge in [-0.05, 0) is 50.1 Å². The van der Waals surface area contributed by atoms with Crippen molar-refractivity contribution in [2.45, 2.75) is 38.3 Å². The SMILES string of the molecule is CC(Nc1ccc(NC(=O)CC2CCCN2)cc1Cl)c1ccccc1.Cl. The summed E-state index contributed by atoms with van der Waals surface area (Å²) < 4.78 is 0. The third-order valence-corrected chi connectivity index (χ3v) is 4.83. The highest BCUT2D eigenvalue weighted by molar-refractivity contribution is 6.33. The van der Waals surface area contributed by atoms with Gasteiger partial charge in [-0.15, -0.1) is 12.4 Å². The Labute approximate surface area is 166 Å². The van der Waals surface area contributed by atoms with Crippen molar-refractivity contribution in [3.05, 3.63) is 59.1 Å². The van der Waals surface area contributed by atoms with E-state index in [2.05, 4.69) is 35.0 Å². The molecule has 140 valence electrons. The first-order chi connectivity index (χ1) is 12.1. The molecule has 2 atom stereocenters. The lowest BCUT2D eigenvalue weighted by Crippen LogP contribution is -2.27. The maximum atomic E-state index is 12.1. The predicted molar refractivity (Wildman–Crippen MR) is 111 cm³/mol. The molecule has 1 aliphatic heterocycles. The number of rotatable bonds is 6. The largest absolute Gasteiger partial charge is 0.377 e. The Morgan fingerprint density at radius 3 is 2.69 bits per heavy atom. The molecule has 0 radical (unpaired) electrons. The van der Waals surface area contributed by atoms with Crippen LogP contribution in [-0.4, -0.2) is 18.5 Å². The molecule has 0 aliphatic carbocycles. The van der Waals surface area contributed by atoms with Gasteiger partial charge in [0.25, 0.3) is 0 Å². The fourth-order valence-electron chi connectivity index (χ4n) is 3.13. The van der Waals surface area contributed by atoms with E-state index >= 15 is 0 Å². The number of hydrogen-bond acceptors (Lipinski definition) is 3. The van der Waals surface area contributed by atoms with Crippen LogP contribution in [0.3, 0.4) is 0 Å². The molecule has 4 nitrogen and oxygen atoms in total. The number of carbonyl (C=O) groups excluding carboxylic acids is 1. The first-order valence-electron chi connectivity index (χ1n) is 8.76. The molecule has 3 N–H and O–H groups in total. The molecular weight excluding hydrogens is 369 g/mol. The van der Waals surface area contributed by atoms with Crippen molar-refractivity contribution >= 4 is 41.3 Å². The number of nitrogens with one attached hydrogen (secondary N) is 3. The van der Waals surface area contributed by atoms with Gasteiger partial charge in [-0.25, -0.2) is 0 Å². The van der Waals surface area contributed by atoms with Crippen LogP contribution in [0, 0.1) is 0 Å². The summed E-state index contributed by atoms with van der Waals surface area (Å²) in [5.41, 5.74) is 2.78. The van der Waals surface area contributed by atoms with E-state index in [-0.39, 0.29) is 24.4 Å². The molecule has 1 saturated heterocycles. The van der Waals surface area contributed by atoms with E-state index in [0.29, 0.717) is 17.5 Å². The molecule has 26 heavy (non-hydrogen) atoms. The van der Waals surface area contributed by atoms with Crippen LogP contribution in [0.25, 0.3) is 0 Å². The van der Waals surface area contributed by atoms with Crippen LogP contribution in [0.1, 0.15) is 37.8 Å². The molecule has 0 saturated carbocycles. The van der Waals surface area contributed by atoms with E-state index in [9.17, 15) is 4.79 Å². The Morgan fingerprint density at radius 2 is 2.04 bits per heavy atom. The van der Waals surface area contributed by atoms with Gasteiger partial charge in [-0.1, -0.05) is 41.9 Å². The Bertz CT molecular complexity index is 718. The second kappa shape index (κ2) is 9.81. The number of anilines is 2. The highest BCUT2D eigenvalue weighted by Crippen LogP contribution is 2.29. The smallest absolute Gasteiger partial charge is 0.225 e. The van der Waals surface area contributed by atoms with Gasteiger partial charge in [0.2, 0.25) is 5.91 Å². The third kappa shape index (κ3) is 5.63. The summed E-state index contributed by atoms with van der Waals surface area (Å²) in [5, 5.41) is 10.3. The maximum absolute atomic E-state index is 12.1. The van der Waals surface area contributed by atoms with Crippen molar-refractivity contribution in [1.82, 2.24) is 5.32 Å². The van der Waals surface area contributed by atoms with E-state index in [0.717, 1.165) is 30.8 Å². The molecule has 0 bridgehead atoms. The van der Waals surface area contributed by atoms with Crippen LogP contribution in [0.2, 0.25) is 5.02 Å². The quantitative estimate of drug-likeness (QED) is 0.645. The Morgan fingerprint density at radius 1 is 1.27 bits per heavy atom. The van der Waals surface area contributed by atoms with Gasteiger partial charge in [0.1, 0.15) is 0 Å². The highest BCUT2D eigenvalue weighted by atomic mass is 35.5. The van der Waals surface area contributed by atoms with E-state index in [1.807, 2.05) is 30.3 Å². The number of amides is 1. The maximum Gasteiger partial charge on any atom is 0.225 e. The average Bonchev–Trinajstić information content (AvgIpc) is 3.11. The van der Waals surface area contributed by atoms with Crippen LogP contribution in [-0.2, 0) is 4.79 Å². The van der Waals surface area contributed by atoms with Gasteiger partial charge in [0.15, 0.2) is 0 Å². The van der Waals surface area contributed by atoms with E-state index in [1.165, 1.54) is 5.56 Å².